The molecule has 14 heavy (non-hydrogen) atoms. The summed E-state index contributed by atoms with van der Waals surface area (Å²) in [6.07, 6.45) is 8.43. The molecule has 0 aromatic heterocycles. The van der Waals surface area contributed by atoms with Crippen molar-refractivity contribution in [1.82, 2.24) is 0 Å². The first-order chi connectivity index (χ1) is 6.61. The van der Waals surface area contributed by atoms with Crippen LogP contribution >= 0.6 is 0 Å². The summed E-state index contributed by atoms with van der Waals surface area (Å²) < 4.78 is 12.7. The molecule has 0 aromatic carbocycles. The summed E-state index contributed by atoms with van der Waals surface area (Å²) in [7, 11) is 0. The molecule has 0 spiro atoms. The molecule has 1 N–H and O–H groups in total. The second kappa shape index (κ2) is 6.60. The van der Waals surface area contributed by atoms with Crippen LogP contribution in [0.5, 0.6) is 0 Å². The molecule has 0 aromatic rings. The van der Waals surface area contributed by atoms with Gasteiger partial charge in [-0.05, 0) is 11.6 Å². The summed E-state index contributed by atoms with van der Waals surface area (Å²) in [6, 6.07) is 0. The van der Waals surface area contributed by atoms with Gasteiger partial charge in [0.05, 0.1) is 0 Å². The highest BCUT2D eigenvalue weighted by Gasteiger charge is 2.04. The van der Waals surface area contributed by atoms with Crippen molar-refractivity contribution in [1.29, 1.82) is 0 Å². The summed E-state index contributed by atoms with van der Waals surface area (Å²) in [6.45, 7) is 6.86. The van der Waals surface area contributed by atoms with Gasteiger partial charge in [-0.15, -0.1) is 0 Å². The number of halogens is 1. The van der Waals surface area contributed by atoms with Crippen LogP contribution in [-0.2, 0) is 4.79 Å². The molecule has 0 aliphatic heterocycles. The monoisotopic (exact) mass is 194 g/mol. The number of aliphatic carboxylic acids is 1. The number of rotatable bonds is 5. The van der Waals surface area contributed by atoms with Crippen LogP contribution < -0.4 is 0 Å². The molecule has 0 aliphatic carbocycles. The largest absolute Gasteiger partial charge is 0.476 e. The summed E-state index contributed by atoms with van der Waals surface area (Å²) in [5.74, 6) is -2.81. The third-order valence-electron chi connectivity index (χ3n) is 1.23. The molecule has 0 atom stereocenters. The molecule has 0 amide bonds. The van der Waals surface area contributed by atoms with Crippen LogP contribution in [0.2, 0.25) is 0 Å². The topological polar surface area (TPSA) is 37.3 Å². The summed E-state index contributed by atoms with van der Waals surface area (Å²) in [5.41, 5.74) is 0.403. The Balaban J connectivity index is 4.86. The number of carbonyl (C=O) groups is 1. The van der Waals surface area contributed by atoms with Crippen molar-refractivity contribution in [3.05, 3.63) is 61.0 Å². The van der Waals surface area contributed by atoms with Gasteiger partial charge in [-0.2, -0.15) is 4.39 Å². The molecule has 0 heterocycles. The Morgan fingerprint density at radius 1 is 1.29 bits per heavy atom. The average molecular weight is 194 g/mol. The van der Waals surface area contributed by atoms with Crippen LogP contribution in [-0.4, -0.2) is 11.1 Å². The van der Waals surface area contributed by atoms with Gasteiger partial charge in [0.15, 0.2) is 0 Å². The minimum absolute atomic E-state index is 0.403. The molecule has 74 valence electrons. The highest BCUT2D eigenvalue weighted by atomic mass is 19.1. The van der Waals surface area contributed by atoms with Gasteiger partial charge < -0.3 is 5.11 Å². The number of allylic oxidation sites excluding steroid dienone is 7. The fourth-order valence-electron chi connectivity index (χ4n) is 0.675. The van der Waals surface area contributed by atoms with Crippen LogP contribution in [0, 0.1) is 0 Å². The second-order valence-corrected chi connectivity index (χ2v) is 2.29. The highest BCUT2D eigenvalue weighted by Crippen LogP contribution is 2.06. The van der Waals surface area contributed by atoms with E-state index < -0.39 is 11.8 Å². The maximum Gasteiger partial charge on any atom is 0.364 e. The maximum absolute atomic E-state index is 12.7. The predicted octanol–water partition coefficient (Wildman–Crippen LogP) is 2.78. The van der Waals surface area contributed by atoms with E-state index in [1.165, 1.54) is 24.3 Å². The normalized spacial score (nSPS) is 12.9. The highest BCUT2D eigenvalue weighted by molar-refractivity contribution is 5.84. The summed E-state index contributed by atoms with van der Waals surface area (Å²) in [4.78, 5) is 10.2. The van der Waals surface area contributed by atoms with Crippen molar-refractivity contribution in [2.75, 3.05) is 0 Å². The minimum atomic E-state index is -1.59. The van der Waals surface area contributed by atoms with E-state index in [-0.39, 0.29) is 0 Å². The Hall–Kier alpha value is -1.90. The lowest BCUT2D eigenvalue weighted by Gasteiger charge is -1.92. The summed E-state index contributed by atoms with van der Waals surface area (Å²) in [5, 5.41) is 8.28. The first-order valence-corrected chi connectivity index (χ1v) is 3.84. The van der Waals surface area contributed by atoms with Gasteiger partial charge in [0.2, 0.25) is 5.83 Å². The molecule has 0 rings (SSSR count). The minimum Gasteiger partial charge on any atom is -0.476 e. The van der Waals surface area contributed by atoms with Crippen LogP contribution in [0.3, 0.4) is 0 Å². The summed E-state index contributed by atoms with van der Waals surface area (Å²) >= 11 is 0. The fraction of sp³-hybridized carbons (Fsp3) is 0. The number of carboxylic acid groups (broad SMARTS) is 1. The van der Waals surface area contributed by atoms with E-state index in [0.717, 1.165) is 6.08 Å². The van der Waals surface area contributed by atoms with Gasteiger partial charge in [0, 0.05) is 0 Å². The number of hydrogen-bond acceptors (Lipinski definition) is 1. The lowest BCUT2D eigenvalue weighted by molar-refractivity contribution is -0.134. The number of hydrogen-bond donors (Lipinski definition) is 1. The predicted molar refractivity (Wildman–Crippen MR) is 54.4 cm³/mol. The smallest absolute Gasteiger partial charge is 0.364 e. The molecule has 0 aliphatic rings. The van der Waals surface area contributed by atoms with E-state index in [0.29, 0.717) is 5.57 Å². The van der Waals surface area contributed by atoms with Crippen molar-refractivity contribution in [2.45, 2.75) is 0 Å². The van der Waals surface area contributed by atoms with Crippen LogP contribution in [0.4, 0.5) is 4.39 Å². The van der Waals surface area contributed by atoms with Crippen LogP contribution in [0.25, 0.3) is 0 Å². The van der Waals surface area contributed by atoms with E-state index in [2.05, 4.69) is 13.2 Å². The average Bonchev–Trinajstić information content (AvgIpc) is 2.14. The zero-order valence-electron chi connectivity index (χ0n) is 7.61. The number of carboxylic acids is 1. The molecule has 2 nitrogen and oxygen atoms in total. The zero-order chi connectivity index (χ0) is 11.0. The van der Waals surface area contributed by atoms with Gasteiger partial charge in [-0.25, -0.2) is 4.79 Å². The Kier molecular flexibility index (Phi) is 5.70. The van der Waals surface area contributed by atoms with Gasteiger partial charge in [-0.3, -0.25) is 0 Å². The molecule has 0 unspecified atom stereocenters. The SMILES string of the molecule is C=C\C=C/C(/C=C(\F)C(=O)O)=C\C=C. The molecule has 0 fully saturated rings. The Morgan fingerprint density at radius 2 is 1.93 bits per heavy atom. The van der Waals surface area contributed by atoms with Crippen molar-refractivity contribution >= 4 is 5.97 Å². The van der Waals surface area contributed by atoms with E-state index in [4.69, 9.17) is 5.11 Å². The molecule has 0 radical (unpaired) electrons. The maximum atomic E-state index is 12.7. The molecule has 0 bridgehead atoms. The lowest BCUT2D eigenvalue weighted by Crippen LogP contribution is -1.94. The van der Waals surface area contributed by atoms with Gasteiger partial charge in [0.25, 0.3) is 0 Å². The van der Waals surface area contributed by atoms with Gasteiger partial charge in [0.1, 0.15) is 0 Å². The van der Waals surface area contributed by atoms with Crippen LogP contribution in [0.15, 0.2) is 61.0 Å². The van der Waals surface area contributed by atoms with Gasteiger partial charge >= 0.3 is 5.97 Å². The Bertz CT molecular complexity index is 322. The third kappa shape index (κ3) is 4.87. The van der Waals surface area contributed by atoms with Crippen molar-refractivity contribution < 1.29 is 14.3 Å². The Labute approximate surface area is 82.1 Å². The first-order valence-electron chi connectivity index (χ1n) is 3.84. The quantitative estimate of drug-likeness (QED) is 0.539. The van der Waals surface area contributed by atoms with E-state index >= 15 is 0 Å². The lowest BCUT2D eigenvalue weighted by atomic mass is 10.2. The van der Waals surface area contributed by atoms with Crippen molar-refractivity contribution in [3.63, 3.8) is 0 Å². The van der Waals surface area contributed by atoms with E-state index in [9.17, 15) is 9.18 Å². The zero-order valence-corrected chi connectivity index (χ0v) is 7.61. The second-order valence-electron chi connectivity index (χ2n) is 2.29. The van der Waals surface area contributed by atoms with E-state index in [1.807, 2.05) is 0 Å². The molecule has 3 heteroatoms. The van der Waals surface area contributed by atoms with Gasteiger partial charge in [-0.1, -0.05) is 43.5 Å². The van der Waals surface area contributed by atoms with Crippen molar-refractivity contribution in [3.8, 4) is 0 Å². The van der Waals surface area contributed by atoms with E-state index in [1.54, 1.807) is 6.08 Å². The molecule has 0 saturated carbocycles. The first kappa shape index (κ1) is 12.1. The standard InChI is InChI=1S/C11H11FO2/c1-3-5-7-9(6-4-2)8-10(12)11(13)14/h3-8H,1-2H2,(H,13,14)/b7-5-,9-6+,10-8-. The van der Waals surface area contributed by atoms with Crippen molar-refractivity contribution in [2.24, 2.45) is 0 Å². The molecule has 0 saturated heterocycles. The Morgan fingerprint density at radius 3 is 2.36 bits per heavy atom. The molecular formula is C11H11FO2. The van der Waals surface area contributed by atoms with Crippen LogP contribution in [0.1, 0.15) is 0 Å². The molecular weight excluding hydrogens is 183 g/mol. The fourth-order valence-corrected chi connectivity index (χ4v) is 0.675. The third-order valence-corrected chi connectivity index (χ3v) is 1.23.